The summed E-state index contributed by atoms with van der Waals surface area (Å²) in [6.45, 7) is 3.74. The molecular formula is C8H18N2O2S. The van der Waals surface area contributed by atoms with Gasteiger partial charge in [-0.2, -0.15) is 11.8 Å². The maximum absolute atomic E-state index is 10.9. The van der Waals surface area contributed by atoms with Gasteiger partial charge in [-0.3, -0.25) is 4.79 Å². The van der Waals surface area contributed by atoms with Crippen LogP contribution in [0.3, 0.4) is 0 Å². The average Bonchev–Trinajstić information content (AvgIpc) is 1.99. The van der Waals surface area contributed by atoms with E-state index in [4.69, 9.17) is 16.6 Å². The molecule has 13 heavy (non-hydrogen) atoms. The number of thioether (sulfide) groups is 1. The second-order valence-electron chi connectivity index (χ2n) is 3.39. The molecule has 0 aliphatic heterocycles. The fourth-order valence-corrected chi connectivity index (χ4v) is 1.98. The molecule has 4 nitrogen and oxygen atoms in total. The van der Waals surface area contributed by atoms with Crippen LogP contribution in [0.15, 0.2) is 0 Å². The molecule has 0 fully saturated rings. The largest absolute Gasteiger partial charge is 0.396 e. The highest BCUT2D eigenvalue weighted by molar-refractivity contribution is 7.99. The lowest BCUT2D eigenvalue weighted by Crippen LogP contribution is -2.50. The first-order chi connectivity index (χ1) is 5.90. The highest BCUT2D eigenvalue weighted by Crippen LogP contribution is 2.19. The van der Waals surface area contributed by atoms with Crippen LogP contribution in [-0.4, -0.2) is 34.2 Å². The van der Waals surface area contributed by atoms with Crippen molar-refractivity contribution in [3.05, 3.63) is 0 Å². The third-order valence-corrected chi connectivity index (χ3v) is 2.92. The van der Waals surface area contributed by atoms with Gasteiger partial charge in [-0.25, -0.2) is 0 Å². The van der Waals surface area contributed by atoms with E-state index in [1.54, 1.807) is 18.7 Å². The van der Waals surface area contributed by atoms with Gasteiger partial charge in [-0.1, -0.05) is 6.92 Å². The lowest BCUT2D eigenvalue weighted by Gasteiger charge is -2.23. The molecule has 5 N–H and O–H groups in total. The molecule has 0 aromatic heterocycles. The van der Waals surface area contributed by atoms with Crippen LogP contribution in [-0.2, 0) is 4.79 Å². The van der Waals surface area contributed by atoms with E-state index < -0.39 is 11.4 Å². The van der Waals surface area contributed by atoms with Crippen molar-refractivity contribution in [2.45, 2.75) is 31.1 Å². The maximum Gasteiger partial charge on any atom is 0.237 e. The predicted molar refractivity (Wildman–Crippen MR) is 55.4 cm³/mol. The minimum absolute atomic E-state index is 0.146. The Morgan fingerprint density at radius 3 is 2.62 bits per heavy atom. The van der Waals surface area contributed by atoms with Gasteiger partial charge in [0.05, 0.1) is 12.1 Å². The number of hydrogen-bond donors (Lipinski definition) is 3. The van der Waals surface area contributed by atoms with E-state index >= 15 is 0 Å². The van der Waals surface area contributed by atoms with Crippen LogP contribution in [0.5, 0.6) is 0 Å². The van der Waals surface area contributed by atoms with Crippen LogP contribution in [0, 0.1) is 0 Å². The summed E-state index contributed by atoms with van der Waals surface area (Å²) in [7, 11) is 0. The zero-order chi connectivity index (χ0) is 10.5. The summed E-state index contributed by atoms with van der Waals surface area (Å²) in [5.41, 5.74) is 9.86. The van der Waals surface area contributed by atoms with Crippen LogP contribution in [0.4, 0.5) is 0 Å². The molecule has 0 aromatic carbocycles. The minimum Gasteiger partial charge on any atom is -0.396 e. The van der Waals surface area contributed by atoms with Gasteiger partial charge in [0.2, 0.25) is 5.91 Å². The Labute approximate surface area is 83.1 Å². The summed E-state index contributed by atoms with van der Waals surface area (Å²) < 4.78 is 0. The molecule has 0 bridgehead atoms. The molecule has 2 unspecified atom stereocenters. The first kappa shape index (κ1) is 12.7. The van der Waals surface area contributed by atoms with Gasteiger partial charge in [0.1, 0.15) is 0 Å². The van der Waals surface area contributed by atoms with E-state index in [2.05, 4.69) is 0 Å². The number of hydrogen-bond acceptors (Lipinski definition) is 4. The number of rotatable bonds is 6. The van der Waals surface area contributed by atoms with Gasteiger partial charge in [0, 0.05) is 11.0 Å². The smallest absolute Gasteiger partial charge is 0.237 e. The fourth-order valence-electron chi connectivity index (χ4n) is 1.01. The predicted octanol–water partition coefficient (Wildman–Crippen LogP) is -0.307. The molecule has 78 valence electrons. The van der Waals surface area contributed by atoms with E-state index in [0.29, 0.717) is 12.2 Å². The van der Waals surface area contributed by atoms with Crippen molar-refractivity contribution in [2.24, 2.45) is 11.5 Å². The summed E-state index contributed by atoms with van der Waals surface area (Å²) in [6, 6.07) is 0. The lowest BCUT2D eigenvalue weighted by atomic mass is 9.97. The number of carbonyl (C=O) groups is 1. The second kappa shape index (κ2) is 5.47. The van der Waals surface area contributed by atoms with E-state index in [0.717, 1.165) is 0 Å². The average molecular weight is 206 g/mol. The van der Waals surface area contributed by atoms with Gasteiger partial charge in [0.15, 0.2) is 0 Å². The Kier molecular flexibility index (Phi) is 5.36. The van der Waals surface area contributed by atoms with E-state index in [9.17, 15) is 4.79 Å². The first-order valence-corrected chi connectivity index (χ1v) is 5.26. The van der Waals surface area contributed by atoms with Gasteiger partial charge >= 0.3 is 0 Å². The Morgan fingerprint density at radius 2 is 2.23 bits per heavy atom. The third kappa shape index (κ3) is 5.13. The summed E-state index contributed by atoms with van der Waals surface area (Å²) in [5.74, 6) is 0.180. The van der Waals surface area contributed by atoms with Gasteiger partial charge in [-0.15, -0.1) is 0 Å². The normalized spacial score (nSPS) is 17.8. The summed E-state index contributed by atoms with van der Waals surface area (Å²) in [5, 5.41) is 8.81. The van der Waals surface area contributed by atoms with Gasteiger partial charge in [0.25, 0.3) is 0 Å². The zero-order valence-electron chi connectivity index (χ0n) is 8.12. The second-order valence-corrected chi connectivity index (χ2v) is 4.94. The topological polar surface area (TPSA) is 89.3 Å². The summed E-state index contributed by atoms with van der Waals surface area (Å²) in [4.78, 5) is 10.9. The molecule has 0 spiro atoms. The van der Waals surface area contributed by atoms with Crippen molar-refractivity contribution < 1.29 is 9.90 Å². The van der Waals surface area contributed by atoms with Crippen molar-refractivity contribution in [1.82, 2.24) is 0 Å². The Bertz CT molecular complexity index is 174. The highest BCUT2D eigenvalue weighted by Gasteiger charge is 2.27. The molecule has 0 radical (unpaired) electrons. The van der Waals surface area contributed by atoms with E-state index in [1.165, 1.54) is 0 Å². The standard InChI is InChI=1S/C8H18N2O2S/c1-6(13-4-3-11)5-8(2,10)7(9)12/h6,11H,3-5,10H2,1-2H3,(H2,9,12). The number of amides is 1. The molecule has 1 amide bonds. The maximum atomic E-state index is 10.9. The molecular weight excluding hydrogens is 188 g/mol. The van der Waals surface area contributed by atoms with Crippen molar-refractivity contribution in [3.8, 4) is 0 Å². The van der Waals surface area contributed by atoms with Crippen LogP contribution in [0.25, 0.3) is 0 Å². The van der Waals surface area contributed by atoms with Crippen LogP contribution < -0.4 is 11.5 Å². The lowest BCUT2D eigenvalue weighted by molar-refractivity contribution is -0.122. The monoisotopic (exact) mass is 206 g/mol. The Balaban J connectivity index is 3.89. The van der Waals surface area contributed by atoms with Crippen molar-refractivity contribution in [2.75, 3.05) is 12.4 Å². The molecule has 0 heterocycles. The first-order valence-electron chi connectivity index (χ1n) is 4.21. The highest BCUT2D eigenvalue weighted by atomic mass is 32.2. The number of primary amides is 1. The third-order valence-electron chi connectivity index (χ3n) is 1.77. The van der Waals surface area contributed by atoms with Crippen molar-refractivity contribution >= 4 is 17.7 Å². The molecule has 5 heteroatoms. The molecule has 0 rings (SSSR count). The van der Waals surface area contributed by atoms with Gasteiger partial charge in [-0.05, 0) is 13.3 Å². The Morgan fingerprint density at radius 1 is 1.69 bits per heavy atom. The molecule has 0 aliphatic rings. The number of nitrogens with two attached hydrogens (primary N) is 2. The Hall–Kier alpha value is -0.260. The van der Waals surface area contributed by atoms with Crippen LogP contribution >= 0.6 is 11.8 Å². The zero-order valence-corrected chi connectivity index (χ0v) is 8.93. The van der Waals surface area contributed by atoms with E-state index in [1.807, 2.05) is 6.92 Å². The van der Waals surface area contributed by atoms with Crippen molar-refractivity contribution in [1.29, 1.82) is 0 Å². The van der Waals surface area contributed by atoms with E-state index in [-0.39, 0.29) is 11.9 Å². The van der Waals surface area contributed by atoms with Gasteiger partial charge < -0.3 is 16.6 Å². The number of aliphatic hydroxyl groups excluding tert-OH is 1. The SMILES string of the molecule is CC(CC(C)(N)C(N)=O)SCCO. The van der Waals surface area contributed by atoms with Crippen LogP contribution in [0.2, 0.25) is 0 Å². The minimum atomic E-state index is -0.943. The molecule has 2 atom stereocenters. The molecule has 0 saturated heterocycles. The van der Waals surface area contributed by atoms with Crippen molar-refractivity contribution in [3.63, 3.8) is 0 Å². The molecule has 0 aromatic rings. The molecule has 0 saturated carbocycles. The summed E-state index contributed by atoms with van der Waals surface area (Å²) in [6.07, 6.45) is 0.535. The quantitative estimate of drug-likeness (QED) is 0.556. The number of carbonyl (C=O) groups excluding carboxylic acids is 1. The summed E-state index contributed by atoms with van der Waals surface area (Å²) >= 11 is 1.58. The van der Waals surface area contributed by atoms with Crippen LogP contribution in [0.1, 0.15) is 20.3 Å². The number of aliphatic hydroxyl groups is 1. The fraction of sp³-hybridized carbons (Fsp3) is 0.875. The molecule has 0 aliphatic carbocycles.